The third-order valence-electron chi connectivity index (χ3n) is 4.10. The van der Waals surface area contributed by atoms with E-state index in [-0.39, 0.29) is 12.5 Å². The van der Waals surface area contributed by atoms with Gasteiger partial charge in [0.25, 0.3) is 5.91 Å². The molecule has 0 unspecified atom stereocenters. The zero-order valence-corrected chi connectivity index (χ0v) is 17.2. The highest BCUT2D eigenvalue weighted by molar-refractivity contribution is 9.10. The molecule has 1 N–H and O–H groups in total. The summed E-state index contributed by atoms with van der Waals surface area (Å²) < 4.78 is 17.3. The lowest BCUT2D eigenvalue weighted by atomic mass is 10.1. The van der Waals surface area contributed by atoms with Crippen LogP contribution in [0.5, 0.6) is 17.2 Å². The minimum absolute atomic E-state index is 0.198. The predicted molar refractivity (Wildman–Crippen MR) is 112 cm³/mol. The maximum atomic E-state index is 12.6. The first-order chi connectivity index (χ1) is 13.6. The molecule has 0 bridgehead atoms. The molecule has 144 valence electrons. The van der Waals surface area contributed by atoms with E-state index < -0.39 is 0 Å². The van der Waals surface area contributed by atoms with Gasteiger partial charge < -0.3 is 19.5 Å². The zero-order chi connectivity index (χ0) is 19.9. The summed E-state index contributed by atoms with van der Waals surface area (Å²) in [7, 11) is 3.21. The van der Waals surface area contributed by atoms with E-state index in [9.17, 15) is 4.79 Å². The zero-order valence-electron chi connectivity index (χ0n) is 15.6. The number of amides is 1. The topological polar surface area (TPSA) is 56.8 Å². The highest BCUT2D eigenvalue weighted by Crippen LogP contribution is 2.24. The molecule has 0 aliphatic carbocycles. The van der Waals surface area contributed by atoms with Gasteiger partial charge in [-0.25, -0.2) is 0 Å². The lowest BCUT2D eigenvalue weighted by molar-refractivity contribution is 0.102. The smallest absolute Gasteiger partial charge is 0.255 e. The molecule has 1 amide bonds. The number of benzene rings is 3. The van der Waals surface area contributed by atoms with Gasteiger partial charge in [-0.15, -0.1) is 0 Å². The van der Waals surface area contributed by atoms with Crippen molar-refractivity contribution in [2.75, 3.05) is 19.5 Å². The Bertz CT molecular complexity index is 940. The van der Waals surface area contributed by atoms with Gasteiger partial charge in [-0.1, -0.05) is 15.9 Å². The Morgan fingerprint density at radius 3 is 2.21 bits per heavy atom. The minimum Gasteiger partial charge on any atom is -0.497 e. The van der Waals surface area contributed by atoms with Crippen LogP contribution in [0.15, 0.2) is 71.2 Å². The summed E-state index contributed by atoms with van der Waals surface area (Å²) in [6.45, 7) is 0.273. The second kappa shape index (κ2) is 9.28. The Kier molecular flexibility index (Phi) is 6.55. The summed E-state index contributed by atoms with van der Waals surface area (Å²) >= 11 is 3.38. The van der Waals surface area contributed by atoms with Crippen molar-refractivity contribution in [2.45, 2.75) is 6.61 Å². The van der Waals surface area contributed by atoms with E-state index in [1.807, 2.05) is 48.5 Å². The maximum absolute atomic E-state index is 12.6. The fraction of sp³-hybridized carbons (Fsp3) is 0.136. The number of methoxy groups -OCH3 is 2. The second-order valence-electron chi connectivity index (χ2n) is 5.95. The SMILES string of the molecule is COc1ccc(OCc2cc(C(=O)Nc3ccc(Br)cc3)ccc2OC)cc1. The van der Waals surface area contributed by atoms with E-state index in [1.54, 1.807) is 32.4 Å². The summed E-state index contributed by atoms with van der Waals surface area (Å²) in [5.74, 6) is 1.92. The van der Waals surface area contributed by atoms with Crippen LogP contribution in [0.2, 0.25) is 0 Å². The first-order valence-corrected chi connectivity index (χ1v) is 9.39. The van der Waals surface area contributed by atoms with Gasteiger partial charge in [0.05, 0.1) is 14.2 Å². The molecule has 3 rings (SSSR count). The Hall–Kier alpha value is -2.99. The Morgan fingerprint density at radius 2 is 1.57 bits per heavy atom. The van der Waals surface area contributed by atoms with E-state index in [0.29, 0.717) is 17.1 Å². The average Bonchev–Trinajstić information content (AvgIpc) is 2.74. The Labute approximate surface area is 172 Å². The third-order valence-corrected chi connectivity index (χ3v) is 4.63. The molecule has 0 radical (unpaired) electrons. The van der Waals surface area contributed by atoms with Crippen LogP contribution in [0.3, 0.4) is 0 Å². The van der Waals surface area contributed by atoms with Crippen molar-refractivity contribution in [2.24, 2.45) is 0 Å². The number of rotatable bonds is 7. The number of hydrogen-bond donors (Lipinski definition) is 1. The van der Waals surface area contributed by atoms with E-state index in [4.69, 9.17) is 14.2 Å². The lowest BCUT2D eigenvalue weighted by Gasteiger charge is -2.13. The standard InChI is InChI=1S/C22H20BrNO4/c1-26-19-8-10-20(11-9-19)28-14-16-13-15(3-12-21(16)27-2)22(25)24-18-6-4-17(23)5-7-18/h3-13H,14H2,1-2H3,(H,24,25). The molecular formula is C22H20BrNO4. The minimum atomic E-state index is -0.198. The summed E-state index contributed by atoms with van der Waals surface area (Å²) in [4.78, 5) is 12.6. The molecule has 3 aromatic carbocycles. The number of hydrogen-bond acceptors (Lipinski definition) is 4. The molecule has 0 aliphatic heterocycles. The molecule has 3 aromatic rings. The number of anilines is 1. The lowest BCUT2D eigenvalue weighted by Crippen LogP contribution is -2.12. The molecule has 0 saturated carbocycles. The first kappa shape index (κ1) is 19.8. The molecule has 5 nitrogen and oxygen atoms in total. The molecule has 0 aliphatic rings. The van der Waals surface area contributed by atoms with E-state index in [0.717, 1.165) is 21.5 Å². The molecule has 0 fully saturated rings. The molecule has 0 spiro atoms. The van der Waals surface area contributed by atoms with Crippen molar-refractivity contribution < 1.29 is 19.0 Å². The monoisotopic (exact) mass is 441 g/mol. The van der Waals surface area contributed by atoms with Crippen molar-refractivity contribution in [1.82, 2.24) is 0 Å². The predicted octanol–water partition coefficient (Wildman–Crippen LogP) is 5.30. The Morgan fingerprint density at radius 1 is 0.893 bits per heavy atom. The van der Waals surface area contributed by atoms with Crippen LogP contribution in [-0.2, 0) is 6.61 Å². The third kappa shape index (κ3) is 5.04. The van der Waals surface area contributed by atoms with Crippen molar-refractivity contribution in [3.8, 4) is 17.2 Å². The van der Waals surface area contributed by atoms with Crippen LogP contribution >= 0.6 is 15.9 Å². The average molecular weight is 442 g/mol. The molecule has 28 heavy (non-hydrogen) atoms. The normalized spacial score (nSPS) is 10.2. The fourth-order valence-corrected chi connectivity index (χ4v) is 2.87. The number of ether oxygens (including phenoxy) is 3. The van der Waals surface area contributed by atoms with Gasteiger partial charge in [-0.3, -0.25) is 4.79 Å². The van der Waals surface area contributed by atoms with E-state index >= 15 is 0 Å². The van der Waals surface area contributed by atoms with Gasteiger partial charge >= 0.3 is 0 Å². The van der Waals surface area contributed by atoms with Crippen LogP contribution in [0, 0.1) is 0 Å². The molecule has 0 heterocycles. The van der Waals surface area contributed by atoms with Gasteiger partial charge in [0.1, 0.15) is 23.9 Å². The van der Waals surface area contributed by atoms with Crippen LogP contribution in [-0.4, -0.2) is 20.1 Å². The molecular weight excluding hydrogens is 422 g/mol. The van der Waals surface area contributed by atoms with Gasteiger partial charge in [0.2, 0.25) is 0 Å². The van der Waals surface area contributed by atoms with E-state index in [1.165, 1.54) is 0 Å². The van der Waals surface area contributed by atoms with Crippen molar-refractivity contribution in [1.29, 1.82) is 0 Å². The second-order valence-corrected chi connectivity index (χ2v) is 6.87. The van der Waals surface area contributed by atoms with Crippen LogP contribution in [0.25, 0.3) is 0 Å². The van der Waals surface area contributed by atoms with Crippen LogP contribution in [0.4, 0.5) is 5.69 Å². The fourth-order valence-electron chi connectivity index (χ4n) is 2.60. The summed E-state index contributed by atoms with van der Waals surface area (Å²) in [6, 6.07) is 20.0. The van der Waals surface area contributed by atoms with Crippen molar-refractivity contribution >= 4 is 27.5 Å². The van der Waals surface area contributed by atoms with E-state index in [2.05, 4.69) is 21.2 Å². The Balaban J connectivity index is 1.73. The van der Waals surface area contributed by atoms with Gasteiger partial charge in [0, 0.05) is 21.3 Å². The highest BCUT2D eigenvalue weighted by atomic mass is 79.9. The maximum Gasteiger partial charge on any atom is 0.255 e. The van der Waals surface area contributed by atoms with Crippen molar-refractivity contribution in [3.05, 3.63) is 82.3 Å². The van der Waals surface area contributed by atoms with Gasteiger partial charge in [-0.05, 0) is 66.7 Å². The first-order valence-electron chi connectivity index (χ1n) is 8.59. The number of carbonyl (C=O) groups is 1. The van der Waals surface area contributed by atoms with Gasteiger partial charge in [0.15, 0.2) is 0 Å². The molecule has 0 atom stereocenters. The summed E-state index contributed by atoms with van der Waals surface area (Å²) in [6.07, 6.45) is 0. The number of halogens is 1. The number of carbonyl (C=O) groups excluding carboxylic acids is 1. The summed E-state index contributed by atoms with van der Waals surface area (Å²) in [5.41, 5.74) is 2.03. The highest BCUT2D eigenvalue weighted by Gasteiger charge is 2.11. The molecule has 0 saturated heterocycles. The quantitative estimate of drug-likeness (QED) is 0.540. The molecule has 0 aromatic heterocycles. The van der Waals surface area contributed by atoms with Crippen LogP contribution in [0.1, 0.15) is 15.9 Å². The van der Waals surface area contributed by atoms with Crippen LogP contribution < -0.4 is 19.5 Å². The summed E-state index contributed by atoms with van der Waals surface area (Å²) in [5, 5.41) is 2.88. The van der Waals surface area contributed by atoms with Crippen molar-refractivity contribution in [3.63, 3.8) is 0 Å². The largest absolute Gasteiger partial charge is 0.497 e. The van der Waals surface area contributed by atoms with Gasteiger partial charge in [-0.2, -0.15) is 0 Å². The number of nitrogens with one attached hydrogen (secondary N) is 1. The molecule has 6 heteroatoms.